The number of alkyl halides is 2. The van der Waals surface area contributed by atoms with Crippen LogP contribution >= 0.6 is 31.9 Å². The molecule has 0 aromatic heterocycles. The smallest absolute Gasteiger partial charge is 0.146 e. The van der Waals surface area contributed by atoms with E-state index in [0.29, 0.717) is 37.3 Å². The minimum atomic E-state index is 0.436. The van der Waals surface area contributed by atoms with Crippen LogP contribution in [0.3, 0.4) is 0 Å². The zero-order chi connectivity index (χ0) is 25.0. The van der Waals surface area contributed by atoms with Gasteiger partial charge in [0.05, 0.1) is 0 Å². The molecule has 0 aromatic rings. The van der Waals surface area contributed by atoms with E-state index in [0.717, 1.165) is 74.6 Å². The van der Waals surface area contributed by atoms with Crippen LogP contribution in [0.2, 0.25) is 0 Å². The molecule has 0 amide bonds. The summed E-state index contributed by atoms with van der Waals surface area (Å²) in [6.07, 6.45) is 11.8. The van der Waals surface area contributed by atoms with Gasteiger partial charge in [0.25, 0.3) is 0 Å². The van der Waals surface area contributed by atoms with Crippen LogP contribution in [-0.2, 0) is 18.9 Å². The first-order chi connectivity index (χ1) is 16.5. The average Bonchev–Trinajstić information content (AvgIpc) is 2.82. The summed E-state index contributed by atoms with van der Waals surface area (Å²) in [5, 5.41) is 2.16. The molecule has 1 rings (SSSR count). The third-order valence-electron chi connectivity index (χ3n) is 7.93. The van der Waals surface area contributed by atoms with Crippen molar-refractivity contribution < 1.29 is 18.9 Å². The predicted molar refractivity (Wildman–Crippen MR) is 151 cm³/mol. The number of rotatable bonds is 4. The lowest BCUT2D eigenvalue weighted by atomic mass is 9.77. The van der Waals surface area contributed by atoms with E-state index in [1.165, 1.54) is 38.5 Å². The van der Waals surface area contributed by atoms with E-state index < -0.39 is 0 Å². The Bertz CT molecular complexity index is 382. The monoisotopic (exact) mass is 612 g/mol. The molecule has 0 N–H and O–H groups in total. The molecule has 1 aliphatic heterocycles. The summed E-state index contributed by atoms with van der Waals surface area (Å²) in [5.41, 5.74) is 0. The summed E-state index contributed by atoms with van der Waals surface area (Å²) in [7, 11) is 0. The molecule has 204 valence electrons. The Hall–Kier alpha value is 0.800. The molecule has 34 heavy (non-hydrogen) atoms. The summed E-state index contributed by atoms with van der Waals surface area (Å²) in [6, 6.07) is 0. The van der Waals surface area contributed by atoms with Crippen molar-refractivity contribution >= 4 is 31.9 Å². The van der Waals surface area contributed by atoms with Crippen LogP contribution in [0.4, 0.5) is 0 Å². The van der Waals surface area contributed by atoms with Gasteiger partial charge >= 0.3 is 0 Å². The van der Waals surface area contributed by atoms with Gasteiger partial charge in [-0.1, -0.05) is 59.6 Å². The van der Waals surface area contributed by atoms with Gasteiger partial charge in [0.2, 0.25) is 0 Å². The summed E-state index contributed by atoms with van der Waals surface area (Å²) >= 11 is 7.35. The predicted octanol–water partition coefficient (Wildman–Crippen LogP) is 8.45. The van der Waals surface area contributed by atoms with Crippen LogP contribution in [-0.4, -0.2) is 50.7 Å². The van der Waals surface area contributed by atoms with Crippen LogP contribution in [0.15, 0.2) is 0 Å². The molecule has 4 atom stereocenters. The molecule has 0 saturated carbocycles. The van der Waals surface area contributed by atoms with Gasteiger partial charge in [0, 0.05) is 37.1 Å². The van der Waals surface area contributed by atoms with E-state index >= 15 is 0 Å². The normalized spacial score (nSPS) is 33.7. The van der Waals surface area contributed by atoms with Crippen molar-refractivity contribution in [1.82, 2.24) is 0 Å². The maximum Gasteiger partial charge on any atom is 0.146 e. The molecule has 0 spiro atoms. The molecular formula is C28H54Br2O4. The van der Waals surface area contributed by atoms with Gasteiger partial charge in [-0.25, -0.2) is 0 Å². The van der Waals surface area contributed by atoms with Crippen molar-refractivity contribution in [3.63, 3.8) is 0 Å². The SMILES string of the molecule is CC1CCCOCOCCCC(C)C(CCBr)C(C)CCCOCOCCCC(C)C1CCBr. The van der Waals surface area contributed by atoms with E-state index in [1.807, 2.05) is 0 Å². The fraction of sp³-hybridized carbons (Fsp3) is 1.00. The highest BCUT2D eigenvalue weighted by Crippen LogP contribution is 2.32. The van der Waals surface area contributed by atoms with E-state index in [2.05, 4.69) is 59.6 Å². The van der Waals surface area contributed by atoms with Gasteiger partial charge in [-0.15, -0.1) is 0 Å². The minimum Gasteiger partial charge on any atom is -0.355 e. The lowest BCUT2D eigenvalue weighted by Gasteiger charge is -2.30. The standard InChI is InChI=1S/C28H54Br2O4/c1-23-9-5-17-31-21-33-19-7-11-25(3)28(14-16-30)26(4)12-8-20-34-22-32-18-6-10-24(2)27(23)13-15-29/h23-28H,5-22H2,1-4H3. The largest absolute Gasteiger partial charge is 0.355 e. The number of hydrogen-bond donors (Lipinski definition) is 0. The summed E-state index contributed by atoms with van der Waals surface area (Å²) < 4.78 is 23.1. The molecule has 0 radical (unpaired) electrons. The molecule has 1 aliphatic rings. The topological polar surface area (TPSA) is 36.9 Å². The molecule has 4 nitrogen and oxygen atoms in total. The van der Waals surface area contributed by atoms with Crippen LogP contribution in [0.25, 0.3) is 0 Å². The van der Waals surface area contributed by atoms with E-state index in [-0.39, 0.29) is 0 Å². The van der Waals surface area contributed by atoms with E-state index in [9.17, 15) is 0 Å². The van der Waals surface area contributed by atoms with E-state index in [1.54, 1.807) is 0 Å². The minimum absolute atomic E-state index is 0.436. The van der Waals surface area contributed by atoms with Crippen molar-refractivity contribution in [2.24, 2.45) is 35.5 Å². The van der Waals surface area contributed by atoms with Crippen molar-refractivity contribution in [1.29, 1.82) is 0 Å². The fourth-order valence-electron chi connectivity index (χ4n) is 5.75. The highest BCUT2D eigenvalue weighted by Gasteiger charge is 2.24. The van der Waals surface area contributed by atoms with Crippen LogP contribution in [0.5, 0.6) is 0 Å². The maximum atomic E-state index is 5.78. The van der Waals surface area contributed by atoms with Crippen molar-refractivity contribution in [2.75, 3.05) is 50.7 Å². The van der Waals surface area contributed by atoms with Crippen molar-refractivity contribution in [2.45, 2.75) is 91.9 Å². The molecular weight excluding hydrogens is 560 g/mol. The lowest BCUT2D eigenvalue weighted by molar-refractivity contribution is -0.0590. The number of hydrogen-bond acceptors (Lipinski definition) is 4. The number of halogens is 2. The first-order valence-electron chi connectivity index (χ1n) is 13.9. The second-order valence-corrected chi connectivity index (χ2v) is 12.2. The third-order valence-corrected chi connectivity index (χ3v) is 8.85. The highest BCUT2D eigenvalue weighted by atomic mass is 79.9. The quantitative estimate of drug-likeness (QED) is 0.298. The molecule has 0 aliphatic carbocycles. The fourth-order valence-corrected chi connectivity index (χ4v) is 6.81. The van der Waals surface area contributed by atoms with E-state index in [4.69, 9.17) is 18.9 Å². The van der Waals surface area contributed by atoms with Gasteiger partial charge in [-0.05, 0) is 99.7 Å². The Labute approximate surface area is 228 Å². The highest BCUT2D eigenvalue weighted by molar-refractivity contribution is 9.09. The molecule has 0 bridgehead atoms. The molecule has 4 unspecified atom stereocenters. The second kappa shape index (κ2) is 21.8. The summed E-state index contributed by atoms with van der Waals surface area (Å²) in [6.45, 7) is 13.7. The Morgan fingerprint density at radius 2 is 0.765 bits per heavy atom. The number of ether oxygens (including phenoxy) is 4. The molecule has 1 fully saturated rings. The van der Waals surface area contributed by atoms with Gasteiger partial charge in [0.1, 0.15) is 13.6 Å². The molecule has 1 saturated heterocycles. The average molecular weight is 615 g/mol. The third kappa shape index (κ3) is 15.1. The molecule has 1 heterocycles. The van der Waals surface area contributed by atoms with Crippen LogP contribution in [0.1, 0.15) is 91.9 Å². The zero-order valence-corrected chi connectivity index (χ0v) is 25.8. The Morgan fingerprint density at radius 3 is 1.00 bits per heavy atom. The lowest BCUT2D eigenvalue weighted by Crippen LogP contribution is -2.22. The van der Waals surface area contributed by atoms with Gasteiger partial charge in [0.15, 0.2) is 0 Å². The Balaban J connectivity index is 2.53. The Morgan fingerprint density at radius 1 is 0.500 bits per heavy atom. The second-order valence-electron chi connectivity index (χ2n) is 10.6. The zero-order valence-electron chi connectivity index (χ0n) is 22.6. The van der Waals surface area contributed by atoms with Crippen LogP contribution < -0.4 is 0 Å². The van der Waals surface area contributed by atoms with Crippen LogP contribution in [0, 0.1) is 35.5 Å². The van der Waals surface area contributed by atoms with Crippen molar-refractivity contribution in [3.05, 3.63) is 0 Å². The summed E-state index contributed by atoms with van der Waals surface area (Å²) in [5.74, 6) is 4.34. The maximum absolute atomic E-state index is 5.78. The Kier molecular flexibility index (Phi) is 21.1. The molecule has 0 aromatic carbocycles. The first-order valence-corrected chi connectivity index (χ1v) is 16.2. The van der Waals surface area contributed by atoms with Gasteiger partial charge < -0.3 is 18.9 Å². The first kappa shape index (κ1) is 32.8. The van der Waals surface area contributed by atoms with Gasteiger partial charge in [-0.3, -0.25) is 0 Å². The van der Waals surface area contributed by atoms with Crippen molar-refractivity contribution in [3.8, 4) is 0 Å². The van der Waals surface area contributed by atoms with Gasteiger partial charge in [-0.2, -0.15) is 0 Å². The summed E-state index contributed by atoms with van der Waals surface area (Å²) in [4.78, 5) is 0. The molecule has 6 heteroatoms.